The number of nitrogens with one attached hydrogen (secondary N) is 1. The molecule has 2 amide bonds. The van der Waals surface area contributed by atoms with Crippen molar-refractivity contribution in [3.8, 4) is 0 Å². The van der Waals surface area contributed by atoms with Crippen LogP contribution in [-0.2, 0) is 4.79 Å². The van der Waals surface area contributed by atoms with Gasteiger partial charge in [-0.25, -0.2) is 4.79 Å². The van der Waals surface area contributed by atoms with Crippen LogP contribution in [0.4, 0.5) is 4.79 Å². The van der Waals surface area contributed by atoms with E-state index < -0.39 is 5.97 Å². The van der Waals surface area contributed by atoms with Crippen molar-refractivity contribution in [2.24, 2.45) is 5.92 Å². The number of amides is 2. The number of carboxylic acid groups (broad SMARTS) is 1. The van der Waals surface area contributed by atoms with E-state index in [1.165, 1.54) is 5.57 Å². The topological polar surface area (TPSA) is 69.6 Å². The molecule has 1 heterocycles. The normalized spacial score (nSPS) is 27.6. The molecule has 1 saturated carbocycles. The molecule has 5 heteroatoms. The van der Waals surface area contributed by atoms with Gasteiger partial charge < -0.3 is 15.3 Å². The predicted octanol–water partition coefficient (Wildman–Crippen LogP) is 1.99. The van der Waals surface area contributed by atoms with Gasteiger partial charge in [-0.2, -0.15) is 0 Å². The molecule has 0 atom stereocenters. The van der Waals surface area contributed by atoms with Crippen molar-refractivity contribution in [2.45, 2.75) is 45.1 Å². The first-order valence-corrected chi connectivity index (χ1v) is 7.00. The third-order valence-corrected chi connectivity index (χ3v) is 4.13. The maximum Gasteiger partial charge on any atom is 0.317 e. The Balaban J connectivity index is 1.76. The zero-order valence-electron chi connectivity index (χ0n) is 11.4. The Hall–Kier alpha value is -1.52. The second kappa shape index (κ2) is 6.08. The van der Waals surface area contributed by atoms with Crippen LogP contribution in [0.3, 0.4) is 0 Å². The monoisotopic (exact) mass is 266 g/mol. The van der Waals surface area contributed by atoms with E-state index in [0.717, 1.165) is 25.8 Å². The van der Waals surface area contributed by atoms with Crippen molar-refractivity contribution in [1.82, 2.24) is 10.2 Å². The fraction of sp³-hybridized carbons (Fsp3) is 0.714. The van der Waals surface area contributed by atoms with Gasteiger partial charge in [0.15, 0.2) is 0 Å². The zero-order valence-corrected chi connectivity index (χ0v) is 11.4. The Morgan fingerprint density at radius 1 is 1.32 bits per heavy atom. The molecule has 5 nitrogen and oxygen atoms in total. The van der Waals surface area contributed by atoms with Crippen molar-refractivity contribution < 1.29 is 14.7 Å². The number of carbonyl (C=O) groups is 2. The Labute approximate surface area is 113 Å². The van der Waals surface area contributed by atoms with Gasteiger partial charge in [0.25, 0.3) is 0 Å². The second-order valence-corrected chi connectivity index (χ2v) is 5.58. The van der Waals surface area contributed by atoms with Crippen molar-refractivity contribution in [3.05, 3.63) is 11.6 Å². The Morgan fingerprint density at radius 2 is 2.00 bits per heavy atom. The van der Waals surface area contributed by atoms with Crippen molar-refractivity contribution in [2.75, 3.05) is 13.1 Å². The van der Waals surface area contributed by atoms with Gasteiger partial charge in [0, 0.05) is 19.1 Å². The van der Waals surface area contributed by atoms with Gasteiger partial charge in [-0.1, -0.05) is 11.6 Å². The molecule has 0 aromatic heterocycles. The summed E-state index contributed by atoms with van der Waals surface area (Å²) in [5.41, 5.74) is 1.34. The summed E-state index contributed by atoms with van der Waals surface area (Å²) in [4.78, 5) is 24.7. The van der Waals surface area contributed by atoms with Crippen LogP contribution < -0.4 is 5.32 Å². The number of hydrogen-bond acceptors (Lipinski definition) is 2. The van der Waals surface area contributed by atoms with Gasteiger partial charge in [0.05, 0.1) is 5.92 Å². The molecule has 1 aliphatic carbocycles. The number of rotatable bonds is 2. The maximum absolute atomic E-state index is 12.1. The minimum Gasteiger partial charge on any atom is -0.481 e. The Kier molecular flexibility index (Phi) is 4.45. The highest BCUT2D eigenvalue weighted by Gasteiger charge is 2.27. The minimum absolute atomic E-state index is 0.0116. The number of hydrogen-bond donors (Lipinski definition) is 2. The molecule has 0 radical (unpaired) electrons. The number of urea groups is 1. The molecule has 106 valence electrons. The quantitative estimate of drug-likeness (QED) is 0.751. The summed E-state index contributed by atoms with van der Waals surface area (Å²) in [6.07, 6.45) is 5.90. The van der Waals surface area contributed by atoms with E-state index >= 15 is 0 Å². The Morgan fingerprint density at radius 3 is 2.53 bits per heavy atom. The molecule has 19 heavy (non-hydrogen) atoms. The number of carbonyl (C=O) groups excluding carboxylic acids is 1. The van der Waals surface area contributed by atoms with Crippen LogP contribution >= 0.6 is 0 Å². The number of aliphatic carboxylic acids is 1. The van der Waals surface area contributed by atoms with Crippen LogP contribution in [0.1, 0.15) is 39.0 Å². The van der Waals surface area contributed by atoms with Crippen molar-refractivity contribution in [3.63, 3.8) is 0 Å². The van der Waals surface area contributed by atoms with E-state index in [1.807, 2.05) is 4.90 Å². The summed E-state index contributed by atoms with van der Waals surface area (Å²) in [6, 6.07) is 0.123. The minimum atomic E-state index is -0.707. The average Bonchev–Trinajstić information content (AvgIpc) is 2.40. The standard InChI is InChI=1S/C14H22N2O3/c1-10-6-8-16(9-7-10)14(19)15-12-4-2-11(3-5-12)13(17)18/h6,11-12H,2-5,7-9H2,1H3,(H,15,19)(H,17,18). The van der Waals surface area contributed by atoms with E-state index in [2.05, 4.69) is 18.3 Å². The summed E-state index contributed by atoms with van der Waals surface area (Å²) in [5, 5.41) is 12.0. The summed E-state index contributed by atoms with van der Waals surface area (Å²) < 4.78 is 0. The highest BCUT2D eigenvalue weighted by Crippen LogP contribution is 2.24. The third-order valence-electron chi connectivity index (χ3n) is 4.13. The first-order chi connectivity index (χ1) is 9.06. The van der Waals surface area contributed by atoms with E-state index in [-0.39, 0.29) is 18.0 Å². The van der Waals surface area contributed by atoms with E-state index in [1.54, 1.807) is 0 Å². The lowest BCUT2D eigenvalue weighted by atomic mass is 9.86. The summed E-state index contributed by atoms with van der Waals surface area (Å²) in [7, 11) is 0. The van der Waals surface area contributed by atoms with E-state index in [4.69, 9.17) is 5.11 Å². The molecule has 0 aromatic carbocycles. The molecule has 2 rings (SSSR count). The van der Waals surface area contributed by atoms with Crippen LogP contribution in [0.5, 0.6) is 0 Å². The van der Waals surface area contributed by atoms with E-state index in [0.29, 0.717) is 19.4 Å². The molecule has 1 fully saturated rings. The summed E-state index contributed by atoms with van der Waals surface area (Å²) in [5.74, 6) is -0.935. The molecule has 0 unspecified atom stereocenters. The molecule has 0 bridgehead atoms. The molecule has 0 spiro atoms. The van der Waals surface area contributed by atoms with Crippen LogP contribution in [0.2, 0.25) is 0 Å². The van der Waals surface area contributed by atoms with Crippen molar-refractivity contribution >= 4 is 12.0 Å². The Bertz CT molecular complexity index is 384. The summed E-state index contributed by atoms with van der Waals surface area (Å²) in [6.45, 7) is 3.54. The molecule has 0 saturated heterocycles. The average molecular weight is 266 g/mol. The van der Waals surface area contributed by atoms with Crippen molar-refractivity contribution in [1.29, 1.82) is 0 Å². The number of carboxylic acids is 1. The zero-order chi connectivity index (χ0) is 13.8. The van der Waals surface area contributed by atoms with Crippen LogP contribution in [0.25, 0.3) is 0 Å². The van der Waals surface area contributed by atoms with Crippen LogP contribution in [0.15, 0.2) is 11.6 Å². The van der Waals surface area contributed by atoms with Gasteiger partial charge >= 0.3 is 12.0 Å². The molecule has 0 aromatic rings. The summed E-state index contributed by atoms with van der Waals surface area (Å²) >= 11 is 0. The smallest absolute Gasteiger partial charge is 0.317 e. The molecular formula is C14H22N2O3. The SMILES string of the molecule is CC1=CCN(C(=O)NC2CCC(C(=O)O)CC2)CC1. The fourth-order valence-corrected chi connectivity index (χ4v) is 2.71. The first-order valence-electron chi connectivity index (χ1n) is 7.00. The van der Waals surface area contributed by atoms with Crippen LogP contribution in [0, 0.1) is 5.92 Å². The van der Waals surface area contributed by atoms with Gasteiger partial charge in [0.2, 0.25) is 0 Å². The molecule has 2 aliphatic rings. The number of nitrogens with zero attached hydrogens (tertiary/aromatic N) is 1. The molecular weight excluding hydrogens is 244 g/mol. The van der Waals surface area contributed by atoms with Crippen LogP contribution in [-0.4, -0.2) is 41.1 Å². The second-order valence-electron chi connectivity index (χ2n) is 5.58. The molecule has 1 aliphatic heterocycles. The van der Waals surface area contributed by atoms with Gasteiger partial charge in [0.1, 0.15) is 0 Å². The fourth-order valence-electron chi connectivity index (χ4n) is 2.71. The van der Waals surface area contributed by atoms with Gasteiger partial charge in [-0.15, -0.1) is 0 Å². The van der Waals surface area contributed by atoms with E-state index in [9.17, 15) is 9.59 Å². The third kappa shape index (κ3) is 3.72. The van der Waals surface area contributed by atoms with Gasteiger partial charge in [-0.3, -0.25) is 4.79 Å². The largest absolute Gasteiger partial charge is 0.481 e. The molecule has 2 N–H and O–H groups in total. The predicted molar refractivity (Wildman–Crippen MR) is 71.9 cm³/mol. The lowest BCUT2D eigenvalue weighted by Crippen LogP contribution is -2.47. The highest BCUT2D eigenvalue weighted by atomic mass is 16.4. The lowest BCUT2D eigenvalue weighted by molar-refractivity contribution is -0.142. The lowest BCUT2D eigenvalue weighted by Gasteiger charge is -2.31. The highest BCUT2D eigenvalue weighted by molar-refractivity contribution is 5.75. The van der Waals surface area contributed by atoms with Gasteiger partial charge in [-0.05, 0) is 39.0 Å². The first kappa shape index (κ1) is 13.9. The maximum atomic E-state index is 12.1.